The van der Waals surface area contributed by atoms with Gasteiger partial charge in [-0.25, -0.2) is 0 Å². The fourth-order valence-electron chi connectivity index (χ4n) is 3.32. The molecule has 0 aliphatic heterocycles. The number of aromatic hydroxyl groups is 1. The third-order valence-electron chi connectivity index (χ3n) is 4.77. The van der Waals surface area contributed by atoms with Crippen LogP contribution in [0.15, 0.2) is 65.6 Å². The molecule has 136 valence electrons. The van der Waals surface area contributed by atoms with Gasteiger partial charge in [0, 0.05) is 29.9 Å². The lowest BCUT2D eigenvalue weighted by atomic mass is 10.1. The zero-order valence-electron chi connectivity index (χ0n) is 14.6. The summed E-state index contributed by atoms with van der Waals surface area (Å²) in [6, 6.07) is 17.4. The first-order valence-corrected chi connectivity index (χ1v) is 8.79. The molecule has 4 rings (SSSR count). The number of aryl methyl sites for hydroxylation is 1. The second kappa shape index (κ2) is 6.99. The summed E-state index contributed by atoms with van der Waals surface area (Å²) in [6.45, 7) is 0. The van der Waals surface area contributed by atoms with E-state index in [4.69, 9.17) is 0 Å². The highest BCUT2D eigenvalue weighted by Gasteiger charge is 2.22. The van der Waals surface area contributed by atoms with Gasteiger partial charge in [-0.2, -0.15) is 0 Å². The molecular weight excluding hydrogens is 342 g/mol. The highest BCUT2D eigenvalue weighted by Crippen LogP contribution is 2.22. The number of aromatic amines is 2. The summed E-state index contributed by atoms with van der Waals surface area (Å²) in [4.78, 5) is 18.3. The standard InChI is InChI=1S/C21H19N3O3/c25-20-19(11-10-14-6-2-1-3-7-14)24(27)21(26)18(23-20)12-15-13-22-17-9-5-4-8-16(15)17/h1-9,13,22,26H,10-12H2,(H,23,25). The molecule has 2 aromatic carbocycles. The normalized spacial score (nSPS) is 11.1. The molecule has 0 aliphatic rings. The second-order valence-electron chi connectivity index (χ2n) is 6.52. The van der Waals surface area contributed by atoms with Crippen molar-refractivity contribution < 1.29 is 9.84 Å². The van der Waals surface area contributed by atoms with Crippen LogP contribution in [0.1, 0.15) is 22.5 Å². The molecular formula is C21H19N3O3. The van der Waals surface area contributed by atoms with E-state index in [2.05, 4.69) is 9.97 Å². The summed E-state index contributed by atoms with van der Waals surface area (Å²) < 4.78 is 0.353. The lowest BCUT2D eigenvalue weighted by Gasteiger charge is -2.09. The van der Waals surface area contributed by atoms with Crippen molar-refractivity contribution in [1.29, 1.82) is 0 Å². The molecule has 0 radical (unpaired) electrons. The first-order valence-electron chi connectivity index (χ1n) is 8.79. The van der Waals surface area contributed by atoms with E-state index in [0.717, 1.165) is 22.0 Å². The summed E-state index contributed by atoms with van der Waals surface area (Å²) in [7, 11) is 0. The Morgan fingerprint density at radius 3 is 2.56 bits per heavy atom. The average molecular weight is 361 g/mol. The Hall–Kier alpha value is -3.54. The molecule has 0 amide bonds. The van der Waals surface area contributed by atoms with Crippen LogP contribution in [0.5, 0.6) is 5.88 Å². The molecule has 2 heterocycles. The fraction of sp³-hybridized carbons (Fsp3) is 0.143. The van der Waals surface area contributed by atoms with Crippen LogP contribution < -0.4 is 10.3 Å². The molecule has 0 atom stereocenters. The van der Waals surface area contributed by atoms with Gasteiger partial charge in [-0.1, -0.05) is 48.5 Å². The van der Waals surface area contributed by atoms with E-state index in [0.29, 0.717) is 11.2 Å². The molecule has 0 bridgehead atoms. The number of para-hydroxylation sites is 1. The summed E-state index contributed by atoms with van der Waals surface area (Å²) in [5, 5.41) is 23.8. The Labute approximate surface area is 155 Å². The third-order valence-corrected chi connectivity index (χ3v) is 4.77. The van der Waals surface area contributed by atoms with Crippen LogP contribution in [-0.2, 0) is 19.3 Å². The Bertz CT molecular complexity index is 1150. The number of benzene rings is 2. The van der Waals surface area contributed by atoms with E-state index in [9.17, 15) is 15.1 Å². The summed E-state index contributed by atoms with van der Waals surface area (Å²) >= 11 is 0. The van der Waals surface area contributed by atoms with E-state index in [1.165, 1.54) is 0 Å². The van der Waals surface area contributed by atoms with Crippen LogP contribution in [0, 0.1) is 5.21 Å². The van der Waals surface area contributed by atoms with Gasteiger partial charge in [0.15, 0.2) is 0 Å². The number of rotatable bonds is 5. The zero-order chi connectivity index (χ0) is 18.8. The van der Waals surface area contributed by atoms with Crippen LogP contribution in [0.25, 0.3) is 10.9 Å². The van der Waals surface area contributed by atoms with E-state index >= 15 is 0 Å². The maximum Gasteiger partial charge on any atom is 0.397 e. The SMILES string of the molecule is O=c1[nH]c(Cc2c[nH]c3ccccc23)c(O)[n+]([O-])c1CCc1ccccc1. The summed E-state index contributed by atoms with van der Waals surface area (Å²) in [6.07, 6.45) is 2.88. The monoisotopic (exact) mass is 361 g/mol. The maximum atomic E-state index is 12.5. The second-order valence-corrected chi connectivity index (χ2v) is 6.52. The van der Waals surface area contributed by atoms with E-state index < -0.39 is 11.4 Å². The molecule has 3 N–H and O–H groups in total. The predicted octanol–water partition coefficient (Wildman–Crippen LogP) is 2.57. The van der Waals surface area contributed by atoms with Crippen LogP contribution in [-0.4, -0.2) is 15.1 Å². The fourth-order valence-corrected chi connectivity index (χ4v) is 3.32. The zero-order valence-corrected chi connectivity index (χ0v) is 14.6. The van der Waals surface area contributed by atoms with Crippen LogP contribution in [0.4, 0.5) is 0 Å². The van der Waals surface area contributed by atoms with Crippen molar-refractivity contribution in [3.05, 3.63) is 98.9 Å². The molecule has 6 nitrogen and oxygen atoms in total. The molecule has 0 aliphatic carbocycles. The van der Waals surface area contributed by atoms with Gasteiger partial charge in [0.1, 0.15) is 5.69 Å². The molecule has 0 saturated heterocycles. The highest BCUT2D eigenvalue weighted by molar-refractivity contribution is 5.83. The van der Waals surface area contributed by atoms with Crippen molar-refractivity contribution in [2.45, 2.75) is 19.3 Å². The highest BCUT2D eigenvalue weighted by atomic mass is 16.5. The van der Waals surface area contributed by atoms with Gasteiger partial charge >= 0.3 is 11.4 Å². The topological polar surface area (TPSA) is 95.8 Å². The first kappa shape index (κ1) is 16.9. The van der Waals surface area contributed by atoms with Gasteiger partial charge < -0.3 is 20.3 Å². The lowest BCUT2D eigenvalue weighted by Crippen LogP contribution is -2.41. The molecule has 0 unspecified atom stereocenters. The van der Waals surface area contributed by atoms with E-state index in [1.807, 2.05) is 60.8 Å². The Kier molecular flexibility index (Phi) is 4.38. The van der Waals surface area contributed by atoms with Gasteiger partial charge in [0.05, 0.1) is 0 Å². The first-order chi connectivity index (χ1) is 13.1. The minimum atomic E-state index is -0.464. The largest absolute Gasteiger partial charge is 0.616 e. The van der Waals surface area contributed by atoms with Crippen molar-refractivity contribution in [2.24, 2.45) is 0 Å². The molecule has 0 fully saturated rings. The number of fused-ring (bicyclic) bond motifs is 1. The number of H-pyrrole nitrogens is 2. The molecule has 2 aromatic heterocycles. The van der Waals surface area contributed by atoms with Crippen molar-refractivity contribution in [3.63, 3.8) is 0 Å². The molecule has 0 spiro atoms. The summed E-state index contributed by atoms with van der Waals surface area (Å²) in [5.74, 6) is -0.456. The van der Waals surface area contributed by atoms with Gasteiger partial charge in [0.25, 0.3) is 5.69 Å². The van der Waals surface area contributed by atoms with Crippen molar-refractivity contribution in [1.82, 2.24) is 9.97 Å². The van der Waals surface area contributed by atoms with Crippen molar-refractivity contribution >= 4 is 10.9 Å². The average Bonchev–Trinajstić information content (AvgIpc) is 3.10. The molecule has 27 heavy (non-hydrogen) atoms. The van der Waals surface area contributed by atoms with Crippen molar-refractivity contribution in [2.75, 3.05) is 0 Å². The Balaban J connectivity index is 1.62. The Morgan fingerprint density at radius 1 is 1.00 bits per heavy atom. The number of hydrogen-bond acceptors (Lipinski definition) is 3. The van der Waals surface area contributed by atoms with Crippen molar-refractivity contribution in [3.8, 4) is 5.88 Å². The number of nitrogens with zero attached hydrogens (tertiary/aromatic N) is 1. The van der Waals surface area contributed by atoms with Gasteiger partial charge in [-0.05, 0) is 23.6 Å². The number of nitrogens with one attached hydrogen (secondary N) is 2. The maximum absolute atomic E-state index is 12.5. The third kappa shape index (κ3) is 3.29. The van der Waals surface area contributed by atoms with Gasteiger partial charge in [-0.15, -0.1) is 4.73 Å². The molecule has 0 saturated carbocycles. The molecule has 6 heteroatoms. The van der Waals surface area contributed by atoms with Crippen LogP contribution in [0.2, 0.25) is 0 Å². The van der Waals surface area contributed by atoms with E-state index in [-0.39, 0.29) is 24.2 Å². The van der Waals surface area contributed by atoms with Crippen LogP contribution >= 0.6 is 0 Å². The van der Waals surface area contributed by atoms with Gasteiger partial charge in [0.2, 0.25) is 0 Å². The lowest BCUT2D eigenvalue weighted by molar-refractivity contribution is -0.623. The quantitative estimate of drug-likeness (QED) is 0.376. The predicted molar refractivity (Wildman–Crippen MR) is 103 cm³/mol. The number of hydrogen-bond donors (Lipinski definition) is 3. The number of aromatic nitrogens is 3. The smallest absolute Gasteiger partial charge is 0.397 e. The minimum absolute atomic E-state index is 0.0130. The van der Waals surface area contributed by atoms with Gasteiger partial charge in [-0.3, -0.25) is 4.79 Å². The molecule has 4 aromatic rings. The minimum Gasteiger partial charge on any atom is -0.616 e. The Morgan fingerprint density at radius 2 is 1.74 bits per heavy atom. The van der Waals surface area contributed by atoms with Crippen LogP contribution in [0.3, 0.4) is 0 Å². The van der Waals surface area contributed by atoms with E-state index in [1.54, 1.807) is 0 Å². The summed E-state index contributed by atoms with van der Waals surface area (Å²) in [5.41, 5.74) is 2.65.